The Morgan fingerprint density at radius 2 is 2.24 bits per heavy atom. The van der Waals surface area contributed by atoms with Crippen LogP contribution in [-0.4, -0.2) is 20.7 Å². The molecule has 0 saturated carbocycles. The monoisotopic (exact) mass is 277 g/mol. The van der Waals surface area contributed by atoms with Crippen LogP contribution in [0.3, 0.4) is 0 Å². The number of hydrogen-bond donors (Lipinski definition) is 1. The summed E-state index contributed by atoms with van der Waals surface area (Å²) < 4.78 is 0. The van der Waals surface area contributed by atoms with Crippen LogP contribution in [0.2, 0.25) is 0 Å². The first-order valence-corrected chi connectivity index (χ1v) is 6.78. The zero-order chi connectivity index (χ0) is 14.7. The Morgan fingerprint density at radius 1 is 1.33 bits per heavy atom. The number of hydrogen-bond acceptors (Lipinski definition) is 3. The molecule has 104 valence electrons. The molecule has 3 aromatic heterocycles. The molecule has 0 radical (unpaired) electrons. The number of aromatic amines is 1. The van der Waals surface area contributed by atoms with Gasteiger partial charge in [-0.25, -0.2) is 4.98 Å². The summed E-state index contributed by atoms with van der Waals surface area (Å²) in [6.45, 7) is 1.55. The lowest BCUT2D eigenvalue weighted by Gasteiger charge is -2.01. The number of fused-ring (bicyclic) bond motifs is 1. The summed E-state index contributed by atoms with van der Waals surface area (Å²) >= 11 is 0. The summed E-state index contributed by atoms with van der Waals surface area (Å²) in [5.74, 6) is 0.0575. The van der Waals surface area contributed by atoms with E-state index in [2.05, 4.69) is 21.0 Å². The average molecular weight is 277 g/mol. The number of aromatic nitrogens is 3. The number of ketones is 1. The highest BCUT2D eigenvalue weighted by Crippen LogP contribution is 2.23. The number of carbonyl (C=O) groups excluding carboxylic acids is 1. The minimum absolute atomic E-state index is 0.0575. The molecule has 1 N–H and O–H groups in total. The van der Waals surface area contributed by atoms with Crippen molar-refractivity contribution in [3.8, 4) is 11.3 Å². The Bertz CT molecular complexity index is 803. The quantitative estimate of drug-likeness (QED) is 0.744. The van der Waals surface area contributed by atoms with E-state index in [9.17, 15) is 4.79 Å². The topological polar surface area (TPSA) is 58.6 Å². The highest BCUT2D eigenvalue weighted by molar-refractivity contribution is 5.87. The highest BCUT2D eigenvalue weighted by Gasteiger charge is 2.06. The number of nitrogens with zero attached hydrogens (tertiary/aromatic N) is 2. The highest BCUT2D eigenvalue weighted by atomic mass is 16.1. The molecule has 3 rings (SSSR count). The molecule has 3 heterocycles. The van der Waals surface area contributed by atoms with Crippen molar-refractivity contribution in [1.82, 2.24) is 15.0 Å². The summed E-state index contributed by atoms with van der Waals surface area (Å²) in [7, 11) is 0. The minimum Gasteiger partial charge on any atom is -0.346 e. The van der Waals surface area contributed by atoms with Crippen molar-refractivity contribution < 1.29 is 4.79 Å². The van der Waals surface area contributed by atoms with Gasteiger partial charge >= 0.3 is 0 Å². The molecule has 4 nitrogen and oxygen atoms in total. The standard InChI is InChI=1S/C17H15N3O/c1-12(21)5-4-6-13-10-19-17-15(13)9-14(11-20-17)16-7-2-3-8-18-16/h2-5,7-11H,6H2,1H3,(H,19,20). The van der Waals surface area contributed by atoms with E-state index in [-0.39, 0.29) is 5.78 Å². The number of allylic oxidation sites excluding steroid dienone is 2. The van der Waals surface area contributed by atoms with Gasteiger partial charge < -0.3 is 4.98 Å². The molecule has 0 amide bonds. The molecule has 3 aromatic rings. The van der Waals surface area contributed by atoms with Gasteiger partial charge in [0, 0.05) is 29.5 Å². The van der Waals surface area contributed by atoms with E-state index in [4.69, 9.17) is 0 Å². The predicted octanol–water partition coefficient (Wildman–Crippen LogP) is 3.31. The summed E-state index contributed by atoms with van der Waals surface area (Å²) in [5.41, 5.74) is 3.85. The second-order valence-electron chi connectivity index (χ2n) is 4.87. The van der Waals surface area contributed by atoms with Crippen LogP contribution in [0.1, 0.15) is 12.5 Å². The van der Waals surface area contributed by atoms with E-state index < -0.39 is 0 Å². The van der Waals surface area contributed by atoms with Crippen molar-refractivity contribution in [2.45, 2.75) is 13.3 Å². The van der Waals surface area contributed by atoms with Gasteiger partial charge in [-0.15, -0.1) is 0 Å². The molecule has 0 unspecified atom stereocenters. The number of nitrogens with one attached hydrogen (secondary N) is 1. The molecular weight excluding hydrogens is 262 g/mol. The van der Waals surface area contributed by atoms with Crippen molar-refractivity contribution in [3.63, 3.8) is 0 Å². The van der Waals surface area contributed by atoms with Gasteiger partial charge in [0.15, 0.2) is 5.78 Å². The molecule has 0 aliphatic carbocycles. The van der Waals surface area contributed by atoms with Gasteiger partial charge in [-0.1, -0.05) is 12.1 Å². The lowest BCUT2D eigenvalue weighted by atomic mass is 10.1. The van der Waals surface area contributed by atoms with Crippen LogP contribution in [0.15, 0.2) is 55.0 Å². The molecule has 0 aromatic carbocycles. The van der Waals surface area contributed by atoms with Gasteiger partial charge in [0.05, 0.1) is 5.69 Å². The van der Waals surface area contributed by atoms with Crippen LogP contribution in [0, 0.1) is 0 Å². The van der Waals surface area contributed by atoms with Crippen LogP contribution in [0.4, 0.5) is 0 Å². The van der Waals surface area contributed by atoms with Gasteiger partial charge in [-0.05, 0) is 43.2 Å². The third-order valence-corrected chi connectivity index (χ3v) is 3.27. The lowest BCUT2D eigenvalue weighted by molar-refractivity contribution is -0.112. The molecule has 0 spiro atoms. The van der Waals surface area contributed by atoms with Crippen molar-refractivity contribution in [2.24, 2.45) is 0 Å². The van der Waals surface area contributed by atoms with Gasteiger partial charge in [0.2, 0.25) is 0 Å². The lowest BCUT2D eigenvalue weighted by Crippen LogP contribution is -1.86. The van der Waals surface area contributed by atoms with Crippen LogP contribution < -0.4 is 0 Å². The van der Waals surface area contributed by atoms with Gasteiger partial charge in [0.1, 0.15) is 5.65 Å². The first kappa shape index (κ1) is 13.2. The molecule has 21 heavy (non-hydrogen) atoms. The maximum absolute atomic E-state index is 11.0. The first-order valence-electron chi connectivity index (χ1n) is 6.78. The second-order valence-corrected chi connectivity index (χ2v) is 4.87. The van der Waals surface area contributed by atoms with E-state index in [0.717, 1.165) is 27.9 Å². The number of rotatable bonds is 4. The number of pyridine rings is 2. The zero-order valence-corrected chi connectivity index (χ0v) is 11.7. The number of H-pyrrole nitrogens is 1. The fourth-order valence-corrected chi connectivity index (χ4v) is 2.25. The summed E-state index contributed by atoms with van der Waals surface area (Å²) in [4.78, 5) is 22.9. The Morgan fingerprint density at radius 3 is 3.00 bits per heavy atom. The van der Waals surface area contributed by atoms with E-state index in [1.165, 1.54) is 0 Å². The fourth-order valence-electron chi connectivity index (χ4n) is 2.25. The smallest absolute Gasteiger partial charge is 0.152 e. The predicted molar refractivity (Wildman–Crippen MR) is 82.8 cm³/mol. The largest absolute Gasteiger partial charge is 0.346 e. The van der Waals surface area contributed by atoms with E-state index in [1.807, 2.05) is 36.7 Å². The van der Waals surface area contributed by atoms with Gasteiger partial charge in [-0.2, -0.15) is 0 Å². The molecule has 0 aliphatic rings. The Hall–Kier alpha value is -2.75. The molecular formula is C17H15N3O. The van der Waals surface area contributed by atoms with Gasteiger partial charge in [-0.3, -0.25) is 9.78 Å². The van der Waals surface area contributed by atoms with Crippen molar-refractivity contribution in [2.75, 3.05) is 0 Å². The number of carbonyl (C=O) groups is 1. The second kappa shape index (κ2) is 5.71. The normalized spacial score (nSPS) is 11.3. The van der Waals surface area contributed by atoms with Crippen LogP contribution in [-0.2, 0) is 11.2 Å². The summed E-state index contributed by atoms with van der Waals surface area (Å²) in [6.07, 6.45) is 9.69. The summed E-state index contributed by atoms with van der Waals surface area (Å²) in [5, 5.41) is 1.06. The van der Waals surface area contributed by atoms with Crippen molar-refractivity contribution >= 4 is 16.8 Å². The van der Waals surface area contributed by atoms with E-state index >= 15 is 0 Å². The average Bonchev–Trinajstić information content (AvgIpc) is 2.90. The SMILES string of the molecule is CC(=O)C=CCc1c[nH]c2ncc(-c3ccccn3)cc12. The van der Waals surface area contributed by atoms with E-state index in [1.54, 1.807) is 19.2 Å². The molecule has 4 heteroatoms. The zero-order valence-electron chi connectivity index (χ0n) is 11.7. The molecule has 0 bridgehead atoms. The molecule has 0 saturated heterocycles. The Labute approximate surface area is 122 Å². The summed E-state index contributed by atoms with van der Waals surface area (Å²) in [6, 6.07) is 7.90. The fraction of sp³-hybridized carbons (Fsp3) is 0.118. The van der Waals surface area contributed by atoms with Crippen LogP contribution in [0.25, 0.3) is 22.3 Å². The maximum Gasteiger partial charge on any atom is 0.152 e. The Kier molecular flexibility index (Phi) is 3.60. The third-order valence-electron chi connectivity index (χ3n) is 3.27. The molecule has 0 atom stereocenters. The van der Waals surface area contributed by atoms with E-state index in [0.29, 0.717) is 6.42 Å². The third kappa shape index (κ3) is 2.89. The first-order chi connectivity index (χ1) is 10.2. The van der Waals surface area contributed by atoms with Crippen LogP contribution in [0.5, 0.6) is 0 Å². The van der Waals surface area contributed by atoms with Crippen LogP contribution >= 0.6 is 0 Å². The maximum atomic E-state index is 11.0. The minimum atomic E-state index is 0.0575. The molecule has 0 aliphatic heterocycles. The van der Waals surface area contributed by atoms with Crippen molar-refractivity contribution in [1.29, 1.82) is 0 Å². The van der Waals surface area contributed by atoms with Gasteiger partial charge in [0.25, 0.3) is 0 Å². The van der Waals surface area contributed by atoms with Crippen molar-refractivity contribution in [3.05, 3.63) is 60.6 Å². The Balaban J connectivity index is 1.98. The molecule has 0 fully saturated rings.